The highest BCUT2D eigenvalue weighted by molar-refractivity contribution is 5.96. The van der Waals surface area contributed by atoms with Gasteiger partial charge in [-0.1, -0.05) is 25.3 Å². The molecule has 3 fully saturated rings. The molecule has 0 bridgehead atoms. The summed E-state index contributed by atoms with van der Waals surface area (Å²) in [6, 6.07) is 19.5. The van der Waals surface area contributed by atoms with E-state index in [1.807, 2.05) is 46.0 Å². The maximum Gasteiger partial charge on any atom is 0.335 e. The summed E-state index contributed by atoms with van der Waals surface area (Å²) in [7, 11) is 0. The van der Waals surface area contributed by atoms with Gasteiger partial charge in [-0.25, -0.2) is 9.48 Å². The summed E-state index contributed by atoms with van der Waals surface area (Å²) in [5, 5.41) is 15.5. The molecule has 0 unspecified atom stereocenters. The Morgan fingerprint density at radius 3 is 2.41 bits per heavy atom. The molecular formula is C35H38N4O5. The summed E-state index contributed by atoms with van der Waals surface area (Å²) in [4.78, 5) is 28.3. The van der Waals surface area contributed by atoms with Crippen molar-refractivity contribution in [2.75, 3.05) is 42.6 Å². The number of carbonyl (C=O) groups is 2. The van der Waals surface area contributed by atoms with Gasteiger partial charge in [-0.2, -0.15) is 5.10 Å². The van der Waals surface area contributed by atoms with Crippen molar-refractivity contribution >= 4 is 34.2 Å². The number of carboxylic acid groups (broad SMARTS) is 1. The molecule has 3 aliphatic rings. The number of fused-ring (bicyclic) bond motifs is 1. The van der Waals surface area contributed by atoms with Gasteiger partial charge in [0.2, 0.25) is 5.91 Å². The van der Waals surface area contributed by atoms with Crippen LogP contribution in [0.4, 0.5) is 11.4 Å². The summed E-state index contributed by atoms with van der Waals surface area (Å²) in [5.41, 5.74) is 6.11. The first-order valence-corrected chi connectivity index (χ1v) is 15.8. The second-order valence-electron chi connectivity index (χ2n) is 12.0. The lowest BCUT2D eigenvalue weighted by Gasteiger charge is -2.31. The number of morpholine rings is 1. The van der Waals surface area contributed by atoms with Crippen molar-refractivity contribution in [3.63, 3.8) is 0 Å². The highest BCUT2D eigenvalue weighted by atomic mass is 16.5. The van der Waals surface area contributed by atoms with Gasteiger partial charge < -0.3 is 24.4 Å². The summed E-state index contributed by atoms with van der Waals surface area (Å²) in [5.74, 6) is 0.350. The molecule has 2 saturated heterocycles. The maximum absolute atomic E-state index is 12.5. The van der Waals surface area contributed by atoms with Gasteiger partial charge in [0.15, 0.2) is 0 Å². The van der Waals surface area contributed by atoms with Crippen molar-refractivity contribution < 1.29 is 24.2 Å². The molecule has 44 heavy (non-hydrogen) atoms. The number of carbonyl (C=O) groups excluding carboxylic acids is 1. The highest BCUT2D eigenvalue weighted by Crippen LogP contribution is 2.38. The molecule has 1 aromatic heterocycles. The van der Waals surface area contributed by atoms with Gasteiger partial charge in [-0.15, -0.1) is 0 Å². The van der Waals surface area contributed by atoms with Crippen LogP contribution in [0, 0.1) is 0 Å². The largest absolute Gasteiger partial charge is 0.489 e. The molecule has 1 aliphatic carbocycles. The van der Waals surface area contributed by atoms with Crippen LogP contribution in [0.25, 0.3) is 16.6 Å². The fourth-order valence-electron chi connectivity index (χ4n) is 6.94. The summed E-state index contributed by atoms with van der Waals surface area (Å²) < 4.78 is 13.9. The van der Waals surface area contributed by atoms with E-state index in [2.05, 4.69) is 17.0 Å². The Morgan fingerprint density at radius 2 is 1.68 bits per heavy atom. The topological polar surface area (TPSA) is 97.1 Å². The number of hydrogen-bond donors (Lipinski definition) is 1. The van der Waals surface area contributed by atoms with E-state index in [9.17, 15) is 14.7 Å². The standard InChI is InChI=1S/C35H38N4O5/c40-33-7-4-16-38(33)28-11-15-32(37-17-19-43-20-18-37)26(21-28)23-44-29-12-9-27(10-13-29)39-34(24-5-2-1-3-6-24)30-14-8-25(35(41)42)22-31(30)36-39/h8-15,21-22,24H,1-7,16-20,23H2,(H,41,42). The van der Waals surface area contributed by atoms with Crippen molar-refractivity contribution in [3.05, 3.63) is 77.5 Å². The van der Waals surface area contributed by atoms with Gasteiger partial charge in [0.25, 0.3) is 0 Å². The van der Waals surface area contributed by atoms with Crippen LogP contribution in [0.3, 0.4) is 0 Å². The minimum atomic E-state index is -0.948. The van der Waals surface area contributed by atoms with E-state index in [-0.39, 0.29) is 11.5 Å². The van der Waals surface area contributed by atoms with Gasteiger partial charge in [-0.3, -0.25) is 4.79 Å². The van der Waals surface area contributed by atoms with E-state index in [4.69, 9.17) is 14.6 Å². The highest BCUT2D eigenvalue weighted by Gasteiger charge is 2.26. The van der Waals surface area contributed by atoms with Crippen molar-refractivity contribution in [3.8, 4) is 11.4 Å². The summed E-state index contributed by atoms with van der Waals surface area (Å²) in [6.45, 7) is 4.14. The monoisotopic (exact) mass is 594 g/mol. The van der Waals surface area contributed by atoms with Crippen LogP contribution < -0.4 is 14.5 Å². The maximum atomic E-state index is 12.5. The molecule has 4 aromatic rings. The lowest BCUT2D eigenvalue weighted by Crippen LogP contribution is -2.37. The van der Waals surface area contributed by atoms with E-state index >= 15 is 0 Å². The number of amides is 1. The third-order valence-electron chi connectivity index (χ3n) is 9.22. The van der Waals surface area contributed by atoms with Gasteiger partial charge in [0.05, 0.1) is 35.7 Å². The number of nitrogens with zero attached hydrogens (tertiary/aromatic N) is 4. The zero-order chi connectivity index (χ0) is 30.0. The summed E-state index contributed by atoms with van der Waals surface area (Å²) in [6.07, 6.45) is 7.33. The van der Waals surface area contributed by atoms with Crippen LogP contribution in [0.2, 0.25) is 0 Å². The second-order valence-corrected chi connectivity index (χ2v) is 12.0. The molecule has 0 spiro atoms. The molecule has 1 saturated carbocycles. The fourth-order valence-corrected chi connectivity index (χ4v) is 6.94. The van der Waals surface area contributed by atoms with Crippen LogP contribution in [-0.2, 0) is 16.1 Å². The quantitative estimate of drug-likeness (QED) is 0.255. The number of aromatic carboxylic acids is 1. The number of ether oxygens (including phenoxy) is 2. The Hall–Kier alpha value is -4.37. The van der Waals surface area contributed by atoms with Gasteiger partial charge in [0, 0.05) is 54.3 Å². The lowest BCUT2D eigenvalue weighted by molar-refractivity contribution is -0.117. The van der Waals surface area contributed by atoms with Crippen LogP contribution in [0.15, 0.2) is 60.7 Å². The molecule has 7 rings (SSSR count). The predicted octanol–water partition coefficient (Wildman–Crippen LogP) is 6.31. The van der Waals surface area contributed by atoms with E-state index in [1.54, 1.807) is 12.1 Å². The smallest absolute Gasteiger partial charge is 0.335 e. The minimum Gasteiger partial charge on any atom is -0.489 e. The molecule has 2 aliphatic heterocycles. The van der Waals surface area contributed by atoms with E-state index < -0.39 is 5.97 Å². The average molecular weight is 595 g/mol. The normalized spacial score (nSPS) is 17.9. The number of benzene rings is 3. The Labute approximate surface area is 257 Å². The molecule has 9 heteroatoms. The van der Waals surface area contributed by atoms with Gasteiger partial charge in [0.1, 0.15) is 12.4 Å². The third kappa shape index (κ3) is 5.64. The van der Waals surface area contributed by atoms with Crippen LogP contribution in [0.5, 0.6) is 5.75 Å². The predicted molar refractivity (Wildman–Crippen MR) is 169 cm³/mol. The first-order chi connectivity index (χ1) is 21.5. The Morgan fingerprint density at radius 1 is 0.909 bits per heavy atom. The van der Waals surface area contributed by atoms with Crippen molar-refractivity contribution in [1.29, 1.82) is 0 Å². The van der Waals surface area contributed by atoms with Crippen LogP contribution >= 0.6 is 0 Å². The van der Waals surface area contributed by atoms with E-state index in [0.29, 0.717) is 37.7 Å². The molecule has 1 amide bonds. The van der Waals surface area contributed by atoms with Crippen molar-refractivity contribution in [2.45, 2.75) is 57.5 Å². The lowest BCUT2D eigenvalue weighted by atomic mass is 9.85. The molecule has 1 N–H and O–H groups in total. The number of carboxylic acids is 1. The number of aromatic nitrogens is 2. The van der Waals surface area contributed by atoms with Crippen molar-refractivity contribution in [1.82, 2.24) is 9.78 Å². The van der Waals surface area contributed by atoms with E-state index in [0.717, 1.165) is 78.4 Å². The fraction of sp³-hybridized carbons (Fsp3) is 0.400. The summed E-state index contributed by atoms with van der Waals surface area (Å²) >= 11 is 0. The molecule has 3 heterocycles. The average Bonchev–Trinajstić information content (AvgIpc) is 3.68. The Kier molecular flexibility index (Phi) is 7.95. The van der Waals surface area contributed by atoms with Crippen LogP contribution in [0.1, 0.15) is 72.5 Å². The zero-order valence-electron chi connectivity index (χ0n) is 24.9. The van der Waals surface area contributed by atoms with Crippen LogP contribution in [-0.4, -0.2) is 59.6 Å². The second kappa shape index (κ2) is 12.3. The van der Waals surface area contributed by atoms with Crippen molar-refractivity contribution in [2.24, 2.45) is 0 Å². The molecule has 9 nitrogen and oxygen atoms in total. The number of rotatable bonds is 8. The SMILES string of the molecule is O=C(O)c1ccc2c(C3CCCCC3)n(-c3ccc(OCc4cc(N5CCCC5=O)ccc4N4CCOCC4)cc3)nc2c1. The third-order valence-corrected chi connectivity index (χ3v) is 9.22. The molecule has 0 radical (unpaired) electrons. The first kappa shape index (κ1) is 28.4. The molecular weight excluding hydrogens is 556 g/mol. The molecule has 3 aromatic carbocycles. The Bertz CT molecular complexity index is 1670. The molecule has 0 atom stereocenters. The number of anilines is 2. The van der Waals surface area contributed by atoms with Gasteiger partial charge >= 0.3 is 5.97 Å². The Balaban J connectivity index is 1.16. The van der Waals surface area contributed by atoms with Gasteiger partial charge in [-0.05, 0) is 73.9 Å². The zero-order valence-corrected chi connectivity index (χ0v) is 24.9. The molecule has 228 valence electrons. The minimum absolute atomic E-state index is 0.171. The first-order valence-electron chi connectivity index (χ1n) is 15.8. The van der Waals surface area contributed by atoms with E-state index in [1.165, 1.54) is 19.3 Å². The number of hydrogen-bond acceptors (Lipinski definition) is 6.